The standard InChI is InChI=1S/C18H25N5O3/c1-23(11-15-12-7-5-4-6-8-13(12)21-22-15)18(24)19-14-9-10-16(25-2)20-17(14)26-3/h9-10H,4-8,11H2,1-3H3,(H,19,24)(H,21,22). The second-order valence-corrected chi connectivity index (χ2v) is 6.38. The third-order valence-corrected chi connectivity index (χ3v) is 4.60. The number of rotatable bonds is 5. The van der Waals surface area contributed by atoms with Gasteiger partial charge in [-0.1, -0.05) is 6.42 Å². The fourth-order valence-corrected chi connectivity index (χ4v) is 3.15. The second kappa shape index (κ2) is 8.07. The Labute approximate surface area is 152 Å². The Balaban J connectivity index is 1.68. The summed E-state index contributed by atoms with van der Waals surface area (Å²) in [4.78, 5) is 18.3. The molecule has 1 aliphatic carbocycles. The van der Waals surface area contributed by atoms with Crippen LogP contribution < -0.4 is 14.8 Å². The lowest BCUT2D eigenvalue weighted by atomic mass is 10.1. The number of hydrogen-bond donors (Lipinski definition) is 2. The molecule has 26 heavy (non-hydrogen) atoms. The minimum absolute atomic E-state index is 0.249. The molecule has 0 bridgehead atoms. The molecule has 2 N–H and O–H groups in total. The molecule has 0 fully saturated rings. The van der Waals surface area contributed by atoms with Crippen molar-refractivity contribution in [2.75, 3.05) is 26.6 Å². The molecular formula is C18H25N5O3. The predicted octanol–water partition coefficient (Wildman–Crippen LogP) is 2.75. The number of amides is 2. The Morgan fingerprint density at radius 1 is 1.23 bits per heavy atom. The summed E-state index contributed by atoms with van der Waals surface area (Å²) in [6.45, 7) is 0.448. The number of aryl methyl sites for hydroxylation is 1. The first-order chi connectivity index (χ1) is 12.6. The third kappa shape index (κ3) is 3.89. The summed E-state index contributed by atoms with van der Waals surface area (Å²) in [6.07, 6.45) is 5.65. The van der Waals surface area contributed by atoms with Crippen molar-refractivity contribution < 1.29 is 14.3 Å². The van der Waals surface area contributed by atoms with Crippen LogP contribution in [0, 0.1) is 0 Å². The minimum atomic E-state index is -0.249. The van der Waals surface area contributed by atoms with Gasteiger partial charge in [-0.15, -0.1) is 0 Å². The number of pyridine rings is 1. The fourth-order valence-electron chi connectivity index (χ4n) is 3.15. The zero-order valence-electron chi connectivity index (χ0n) is 15.5. The third-order valence-electron chi connectivity index (χ3n) is 4.60. The number of aromatic nitrogens is 3. The summed E-state index contributed by atoms with van der Waals surface area (Å²) in [5, 5.41) is 10.4. The SMILES string of the molecule is COc1ccc(NC(=O)N(C)Cc2n[nH]c3c2CCCCC3)c(OC)n1. The molecule has 0 spiro atoms. The van der Waals surface area contributed by atoms with Crippen molar-refractivity contribution in [2.45, 2.75) is 38.6 Å². The van der Waals surface area contributed by atoms with Gasteiger partial charge in [-0.05, 0) is 37.3 Å². The first-order valence-electron chi connectivity index (χ1n) is 8.78. The topological polar surface area (TPSA) is 92.4 Å². The highest BCUT2D eigenvalue weighted by Crippen LogP contribution is 2.26. The monoisotopic (exact) mass is 359 g/mol. The van der Waals surface area contributed by atoms with Gasteiger partial charge in [0.25, 0.3) is 0 Å². The van der Waals surface area contributed by atoms with Crippen LogP contribution in [0.15, 0.2) is 12.1 Å². The van der Waals surface area contributed by atoms with Gasteiger partial charge in [-0.2, -0.15) is 10.1 Å². The zero-order valence-corrected chi connectivity index (χ0v) is 15.5. The van der Waals surface area contributed by atoms with Crippen molar-refractivity contribution in [3.8, 4) is 11.8 Å². The Hall–Kier alpha value is -2.77. The Bertz CT molecular complexity index is 774. The number of anilines is 1. The van der Waals surface area contributed by atoms with E-state index in [-0.39, 0.29) is 6.03 Å². The van der Waals surface area contributed by atoms with Crippen LogP contribution in [0.4, 0.5) is 10.5 Å². The number of ether oxygens (including phenoxy) is 2. The van der Waals surface area contributed by atoms with E-state index in [2.05, 4.69) is 20.5 Å². The Morgan fingerprint density at radius 2 is 2.04 bits per heavy atom. The molecule has 0 atom stereocenters. The van der Waals surface area contributed by atoms with E-state index in [0.717, 1.165) is 18.5 Å². The van der Waals surface area contributed by atoms with Gasteiger partial charge < -0.3 is 19.7 Å². The molecule has 0 aliphatic heterocycles. The molecule has 8 nitrogen and oxygen atoms in total. The van der Waals surface area contributed by atoms with Crippen LogP contribution in [0.5, 0.6) is 11.8 Å². The van der Waals surface area contributed by atoms with Crippen molar-refractivity contribution >= 4 is 11.7 Å². The van der Waals surface area contributed by atoms with Gasteiger partial charge in [0.15, 0.2) is 0 Å². The van der Waals surface area contributed by atoms with E-state index >= 15 is 0 Å². The molecule has 2 aromatic rings. The van der Waals surface area contributed by atoms with Crippen molar-refractivity contribution in [3.05, 3.63) is 29.1 Å². The van der Waals surface area contributed by atoms with Crippen LogP contribution in [0.25, 0.3) is 0 Å². The lowest BCUT2D eigenvalue weighted by molar-refractivity contribution is 0.220. The van der Waals surface area contributed by atoms with Crippen molar-refractivity contribution in [1.82, 2.24) is 20.1 Å². The van der Waals surface area contributed by atoms with Gasteiger partial charge in [0.1, 0.15) is 5.69 Å². The van der Waals surface area contributed by atoms with Crippen LogP contribution in [0.2, 0.25) is 0 Å². The molecule has 0 aromatic carbocycles. The van der Waals surface area contributed by atoms with E-state index in [1.165, 1.54) is 44.7 Å². The normalized spacial score (nSPS) is 13.5. The van der Waals surface area contributed by atoms with Gasteiger partial charge >= 0.3 is 6.03 Å². The number of hydrogen-bond acceptors (Lipinski definition) is 5. The van der Waals surface area contributed by atoms with E-state index in [4.69, 9.17) is 9.47 Å². The number of methoxy groups -OCH3 is 2. The van der Waals surface area contributed by atoms with E-state index in [0.29, 0.717) is 24.0 Å². The molecule has 8 heteroatoms. The molecule has 0 unspecified atom stereocenters. The summed E-state index contributed by atoms with van der Waals surface area (Å²) < 4.78 is 10.3. The number of aromatic amines is 1. The van der Waals surface area contributed by atoms with E-state index in [1.54, 1.807) is 24.1 Å². The van der Waals surface area contributed by atoms with Gasteiger partial charge in [-0.25, -0.2) is 4.79 Å². The average molecular weight is 359 g/mol. The molecule has 3 rings (SSSR count). The highest BCUT2D eigenvalue weighted by molar-refractivity contribution is 5.90. The van der Waals surface area contributed by atoms with Crippen molar-refractivity contribution in [3.63, 3.8) is 0 Å². The van der Waals surface area contributed by atoms with Gasteiger partial charge in [0.2, 0.25) is 11.8 Å². The largest absolute Gasteiger partial charge is 0.481 e. The van der Waals surface area contributed by atoms with Crippen molar-refractivity contribution in [2.24, 2.45) is 0 Å². The number of carbonyl (C=O) groups excluding carboxylic acids is 1. The van der Waals surface area contributed by atoms with E-state index < -0.39 is 0 Å². The van der Waals surface area contributed by atoms with Crippen LogP contribution >= 0.6 is 0 Å². The Morgan fingerprint density at radius 3 is 2.81 bits per heavy atom. The molecule has 2 heterocycles. The first kappa shape index (κ1) is 18.0. The van der Waals surface area contributed by atoms with Crippen LogP contribution in [0.1, 0.15) is 36.2 Å². The molecular weight excluding hydrogens is 334 g/mol. The number of nitrogens with one attached hydrogen (secondary N) is 2. The number of fused-ring (bicyclic) bond motifs is 1. The van der Waals surface area contributed by atoms with Crippen molar-refractivity contribution in [1.29, 1.82) is 0 Å². The van der Waals surface area contributed by atoms with Crippen LogP contribution in [-0.4, -0.2) is 47.4 Å². The van der Waals surface area contributed by atoms with Gasteiger partial charge in [0, 0.05) is 18.8 Å². The summed E-state index contributed by atoms with van der Waals surface area (Å²) in [5.41, 5.74) is 3.92. The molecule has 2 aromatic heterocycles. The van der Waals surface area contributed by atoms with E-state index in [1.807, 2.05) is 0 Å². The van der Waals surface area contributed by atoms with Gasteiger partial charge in [0.05, 0.1) is 26.5 Å². The molecule has 1 aliphatic rings. The smallest absolute Gasteiger partial charge is 0.322 e. The summed E-state index contributed by atoms with van der Waals surface area (Å²) in [6, 6.07) is 3.13. The molecule has 140 valence electrons. The maximum absolute atomic E-state index is 12.6. The molecule has 0 radical (unpaired) electrons. The predicted molar refractivity (Wildman–Crippen MR) is 97.7 cm³/mol. The maximum atomic E-state index is 12.6. The lowest BCUT2D eigenvalue weighted by Gasteiger charge is -2.18. The summed E-state index contributed by atoms with van der Waals surface area (Å²) >= 11 is 0. The number of nitrogens with zero attached hydrogens (tertiary/aromatic N) is 3. The minimum Gasteiger partial charge on any atom is -0.481 e. The average Bonchev–Trinajstić information content (AvgIpc) is 2.88. The Kier molecular flexibility index (Phi) is 5.60. The van der Waals surface area contributed by atoms with Gasteiger partial charge in [-0.3, -0.25) is 5.10 Å². The highest BCUT2D eigenvalue weighted by atomic mass is 16.5. The number of urea groups is 1. The lowest BCUT2D eigenvalue weighted by Crippen LogP contribution is -2.31. The quantitative estimate of drug-likeness (QED) is 0.801. The highest BCUT2D eigenvalue weighted by Gasteiger charge is 2.19. The molecule has 2 amide bonds. The molecule has 0 saturated carbocycles. The number of carbonyl (C=O) groups is 1. The van der Waals surface area contributed by atoms with Crippen LogP contribution in [0.3, 0.4) is 0 Å². The second-order valence-electron chi connectivity index (χ2n) is 6.38. The van der Waals surface area contributed by atoms with E-state index in [9.17, 15) is 4.79 Å². The zero-order chi connectivity index (χ0) is 18.5. The van der Waals surface area contributed by atoms with Crippen LogP contribution in [-0.2, 0) is 19.4 Å². The summed E-state index contributed by atoms with van der Waals surface area (Å²) in [5.74, 6) is 0.729. The molecule has 0 saturated heterocycles. The summed E-state index contributed by atoms with van der Waals surface area (Å²) in [7, 11) is 4.78. The first-order valence-corrected chi connectivity index (χ1v) is 8.78. The maximum Gasteiger partial charge on any atom is 0.322 e. The number of H-pyrrole nitrogens is 1. The fraction of sp³-hybridized carbons (Fsp3) is 0.500.